The molecule has 30 heavy (non-hydrogen) atoms. The summed E-state index contributed by atoms with van der Waals surface area (Å²) in [4.78, 5) is 27.2. The zero-order valence-electron chi connectivity index (χ0n) is 17.4. The average Bonchev–Trinajstić information content (AvgIpc) is 2.66. The van der Waals surface area contributed by atoms with Gasteiger partial charge in [0.15, 0.2) is 0 Å². The summed E-state index contributed by atoms with van der Waals surface area (Å²) in [5.41, 5.74) is 0.695. The van der Waals surface area contributed by atoms with Gasteiger partial charge in [-0.1, -0.05) is 15.9 Å². The summed E-state index contributed by atoms with van der Waals surface area (Å²) in [6.45, 7) is 6.09. The molecule has 1 fully saturated rings. The number of halogens is 1. The van der Waals surface area contributed by atoms with Crippen LogP contribution in [0, 0.1) is 16.0 Å². The zero-order chi connectivity index (χ0) is 21.9. The molecule has 9 heteroatoms. The van der Waals surface area contributed by atoms with Gasteiger partial charge in [0.2, 0.25) is 0 Å². The van der Waals surface area contributed by atoms with E-state index >= 15 is 0 Å². The number of nitrogens with one attached hydrogen (secondary N) is 2. The number of aromatic nitrogens is 1. The summed E-state index contributed by atoms with van der Waals surface area (Å²) in [6.07, 6.45) is 4.51. The van der Waals surface area contributed by atoms with E-state index < -0.39 is 16.6 Å². The summed E-state index contributed by atoms with van der Waals surface area (Å²) in [6, 6.07) is 5.70. The second-order valence-electron chi connectivity index (χ2n) is 8.68. The van der Waals surface area contributed by atoms with Gasteiger partial charge in [-0.05, 0) is 70.6 Å². The molecule has 0 spiro atoms. The quantitative estimate of drug-likeness (QED) is 0.439. The number of carbonyl (C=O) groups is 1. The molecule has 0 aliphatic heterocycles. The first-order valence-electron chi connectivity index (χ1n) is 10.1. The van der Waals surface area contributed by atoms with Gasteiger partial charge in [-0.15, -0.1) is 0 Å². The van der Waals surface area contributed by atoms with Crippen LogP contribution < -0.4 is 10.6 Å². The summed E-state index contributed by atoms with van der Waals surface area (Å²) in [7, 11) is 0. The average molecular weight is 479 g/mol. The maximum atomic E-state index is 11.8. The fourth-order valence-electron chi connectivity index (χ4n) is 3.70. The Kier molecular flexibility index (Phi) is 6.80. The number of ether oxygens (including phenoxy) is 1. The molecule has 1 saturated carbocycles. The second kappa shape index (κ2) is 9.16. The van der Waals surface area contributed by atoms with Gasteiger partial charge in [-0.25, -0.2) is 9.78 Å². The number of fused-ring (bicyclic) bond motifs is 1. The molecule has 8 nitrogen and oxygen atoms in total. The van der Waals surface area contributed by atoms with Crippen LogP contribution in [-0.4, -0.2) is 34.2 Å². The number of benzene rings is 1. The molecule has 3 rings (SSSR count). The van der Waals surface area contributed by atoms with Crippen LogP contribution in [0.4, 0.5) is 16.2 Å². The van der Waals surface area contributed by atoms with Crippen LogP contribution >= 0.6 is 15.9 Å². The molecule has 2 aromatic rings. The summed E-state index contributed by atoms with van der Waals surface area (Å²) >= 11 is 3.44. The molecule has 0 saturated heterocycles. The highest BCUT2D eigenvalue weighted by Crippen LogP contribution is 2.36. The van der Waals surface area contributed by atoms with E-state index in [1.165, 1.54) is 6.20 Å². The summed E-state index contributed by atoms with van der Waals surface area (Å²) < 4.78 is 6.12. The Bertz CT molecular complexity index is 936. The number of hydrogen-bond donors (Lipinski definition) is 2. The van der Waals surface area contributed by atoms with Crippen molar-refractivity contribution in [1.29, 1.82) is 0 Å². The van der Waals surface area contributed by atoms with E-state index in [4.69, 9.17) is 4.74 Å². The third-order valence-corrected chi connectivity index (χ3v) is 5.63. The third-order valence-electron chi connectivity index (χ3n) is 5.14. The van der Waals surface area contributed by atoms with Crippen molar-refractivity contribution in [3.63, 3.8) is 0 Å². The van der Waals surface area contributed by atoms with Gasteiger partial charge in [0.25, 0.3) is 0 Å². The number of carbonyl (C=O) groups excluding carboxylic acids is 1. The van der Waals surface area contributed by atoms with Crippen LogP contribution in [0.5, 0.6) is 0 Å². The lowest BCUT2D eigenvalue weighted by Gasteiger charge is -2.30. The van der Waals surface area contributed by atoms with Crippen LogP contribution in [0.3, 0.4) is 0 Å². The zero-order valence-corrected chi connectivity index (χ0v) is 19.0. The van der Waals surface area contributed by atoms with Crippen LogP contribution in [0.2, 0.25) is 0 Å². The van der Waals surface area contributed by atoms with E-state index in [0.717, 1.165) is 35.5 Å². The highest BCUT2D eigenvalue weighted by molar-refractivity contribution is 9.10. The number of alkyl carbamates (subject to hydrolysis) is 1. The monoisotopic (exact) mass is 478 g/mol. The van der Waals surface area contributed by atoms with Crippen molar-refractivity contribution >= 4 is 44.3 Å². The van der Waals surface area contributed by atoms with E-state index in [1.54, 1.807) is 0 Å². The second-order valence-corrected chi connectivity index (χ2v) is 9.60. The van der Waals surface area contributed by atoms with Gasteiger partial charge < -0.3 is 15.4 Å². The lowest BCUT2D eigenvalue weighted by atomic mass is 9.86. The number of pyridine rings is 1. The first kappa shape index (κ1) is 22.3. The van der Waals surface area contributed by atoms with Gasteiger partial charge in [-0.2, -0.15) is 0 Å². The van der Waals surface area contributed by atoms with E-state index in [-0.39, 0.29) is 11.7 Å². The molecule has 1 aliphatic carbocycles. The summed E-state index contributed by atoms with van der Waals surface area (Å²) in [5, 5.41) is 18.5. The van der Waals surface area contributed by atoms with Crippen molar-refractivity contribution < 1.29 is 14.5 Å². The molecule has 0 unspecified atom stereocenters. The predicted molar refractivity (Wildman–Crippen MR) is 120 cm³/mol. The number of rotatable bonds is 5. The van der Waals surface area contributed by atoms with Crippen molar-refractivity contribution in [3.8, 4) is 0 Å². The minimum absolute atomic E-state index is 0.0192. The van der Waals surface area contributed by atoms with Crippen molar-refractivity contribution in [3.05, 3.63) is 39.0 Å². The van der Waals surface area contributed by atoms with Gasteiger partial charge in [0, 0.05) is 22.4 Å². The Labute approximate surface area is 184 Å². The minimum atomic E-state index is -0.511. The molecule has 1 aromatic carbocycles. The molecule has 1 heterocycles. The molecular weight excluding hydrogens is 452 g/mol. The predicted octanol–water partition coefficient (Wildman–Crippen LogP) is 5.40. The van der Waals surface area contributed by atoms with Crippen LogP contribution in [-0.2, 0) is 4.74 Å². The van der Waals surface area contributed by atoms with Crippen LogP contribution in [0.1, 0.15) is 46.5 Å². The first-order chi connectivity index (χ1) is 14.1. The molecule has 0 radical (unpaired) electrons. The Balaban J connectivity index is 1.63. The fourth-order valence-corrected chi connectivity index (χ4v) is 4.06. The fraction of sp³-hybridized carbons (Fsp3) is 0.524. The Hall–Kier alpha value is -2.42. The van der Waals surface area contributed by atoms with Crippen molar-refractivity contribution in [2.75, 3.05) is 11.9 Å². The molecule has 1 amide bonds. The van der Waals surface area contributed by atoms with Crippen LogP contribution in [0.25, 0.3) is 10.9 Å². The van der Waals surface area contributed by atoms with Gasteiger partial charge in [0.1, 0.15) is 17.5 Å². The van der Waals surface area contributed by atoms with Crippen LogP contribution in [0.15, 0.2) is 28.9 Å². The first-order valence-corrected chi connectivity index (χ1v) is 10.9. The standard InChI is InChI=1S/C21H27BrN4O4/c1-21(2,3)30-20(27)24-11-13-4-7-15(8-5-13)25-19-16-10-14(22)6-9-17(16)23-12-18(19)26(28)29/h6,9-10,12-13,15H,4-5,7-8,11H2,1-3H3,(H,23,25)(H,24,27). The number of anilines is 1. The Morgan fingerprint density at radius 2 is 2.00 bits per heavy atom. The maximum absolute atomic E-state index is 11.8. The lowest BCUT2D eigenvalue weighted by Crippen LogP contribution is -2.37. The van der Waals surface area contributed by atoms with E-state index in [1.807, 2.05) is 39.0 Å². The van der Waals surface area contributed by atoms with Crippen molar-refractivity contribution in [2.45, 2.75) is 58.1 Å². The molecular formula is C21H27BrN4O4. The highest BCUT2D eigenvalue weighted by Gasteiger charge is 2.26. The van der Waals surface area contributed by atoms with E-state index in [9.17, 15) is 14.9 Å². The largest absolute Gasteiger partial charge is 0.444 e. The smallest absolute Gasteiger partial charge is 0.407 e. The number of nitro groups is 1. The minimum Gasteiger partial charge on any atom is -0.444 e. The topological polar surface area (TPSA) is 106 Å². The van der Waals surface area contributed by atoms with Gasteiger partial charge in [-0.3, -0.25) is 10.1 Å². The molecule has 0 atom stereocenters. The number of hydrogen-bond acceptors (Lipinski definition) is 6. The maximum Gasteiger partial charge on any atom is 0.407 e. The van der Waals surface area contributed by atoms with E-state index in [2.05, 4.69) is 31.5 Å². The number of amides is 1. The normalized spacial score (nSPS) is 19.3. The van der Waals surface area contributed by atoms with Crippen molar-refractivity contribution in [1.82, 2.24) is 10.3 Å². The Morgan fingerprint density at radius 1 is 1.30 bits per heavy atom. The Morgan fingerprint density at radius 3 is 2.63 bits per heavy atom. The van der Waals surface area contributed by atoms with E-state index in [0.29, 0.717) is 23.7 Å². The SMILES string of the molecule is CC(C)(C)OC(=O)NCC1CCC(Nc2c([N+](=O)[O-])cnc3ccc(Br)cc23)CC1. The number of nitrogens with zero attached hydrogens (tertiary/aromatic N) is 2. The van der Waals surface area contributed by atoms with Gasteiger partial charge in [0.05, 0.1) is 10.4 Å². The molecule has 1 aliphatic rings. The van der Waals surface area contributed by atoms with Crippen molar-refractivity contribution in [2.24, 2.45) is 5.92 Å². The lowest BCUT2D eigenvalue weighted by molar-refractivity contribution is -0.384. The molecule has 2 N–H and O–H groups in total. The molecule has 1 aromatic heterocycles. The molecule has 162 valence electrons. The van der Waals surface area contributed by atoms with Gasteiger partial charge >= 0.3 is 11.8 Å². The third kappa shape index (κ3) is 5.81. The highest BCUT2D eigenvalue weighted by atomic mass is 79.9. The molecule has 0 bridgehead atoms. The summed E-state index contributed by atoms with van der Waals surface area (Å²) in [5.74, 6) is 0.369.